The maximum atomic E-state index is 12.1. The molecule has 29 heavy (non-hydrogen) atoms. The van der Waals surface area contributed by atoms with E-state index in [0.717, 1.165) is 17.7 Å². The van der Waals surface area contributed by atoms with Crippen molar-refractivity contribution >= 4 is 21.6 Å². The summed E-state index contributed by atoms with van der Waals surface area (Å²) in [5.41, 5.74) is -1.82. The van der Waals surface area contributed by atoms with Crippen LogP contribution in [0.4, 0.5) is 0 Å². The number of H-pyrrole nitrogens is 1. The van der Waals surface area contributed by atoms with Crippen molar-refractivity contribution < 1.29 is 52.0 Å². The third-order valence-corrected chi connectivity index (χ3v) is 5.84. The van der Waals surface area contributed by atoms with Gasteiger partial charge in [-0.1, -0.05) is 0 Å². The average molecular weight is 460 g/mol. The van der Waals surface area contributed by atoms with Crippen LogP contribution in [0.25, 0.3) is 0 Å². The molecule has 164 valence electrons. The molecule has 17 heteroatoms. The number of nitrogens with one attached hydrogen (secondary N) is 1. The molecule has 0 aromatic carbocycles. The van der Waals surface area contributed by atoms with Crippen molar-refractivity contribution in [2.24, 2.45) is 7.05 Å². The maximum absolute atomic E-state index is 12.1. The van der Waals surface area contributed by atoms with Crippen LogP contribution in [0, 0.1) is 0 Å². The third-order valence-electron chi connectivity index (χ3n) is 3.69. The molecule has 1 aliphatic rings. The Morgan fingerprint density at radius 2 is 1.93 bits per heavy atom. The van der Waals surface area contributed by atoms with E-state index in [0.29, 0.717) is 0 Å². The van der Waals surface area contributed by atoms with Gasteiger partial charge in [-0.25, -0.2) is 13.9 Å². The largest absolute Gasteiger partial charge is 0.481 e. The van der Waals surface area contributed by atoms with Crippen molar-refractivity contribution in [3.8, 4) is 0 Å². The van der Waals surface area contributed by atoms with Crippen molar-refractivity contribution in [1.29, 1.82) is 0 Å². The number of esters is 1. The molecule has 1 saturated heterocycles. The molecule has 2 heterocycles. The summed E-state index contributed by atoms with van der Waals surface area (Å²) in [6.07, 6.45) is -4.90. The van der Waals surface area contributed by atoms with Crippen LogP contribution < -0.4 is 11.2 Å². The molecule has 1 fully saturated rings. The first-order valence-corrected chi connectivity index (χ1v) is 10.8. The predicted octanol–water partition coefficient (Wildman–Crippen LogP) is -1.97. The normalized spacial score (nSPS) is 26.8. The van der Waals surface area contributed by atoms with E-state index in [1.807, 2.05) is 4.98 Å². The number of aliphatic hydroxyl groups is 1. The van der Waals surface area contributed by atoms with Gasteiger partial charge >= 0.3 is 27.3 Å². The van der Waals surface area contributed by atoms with Gasteiger partial charge in [-0.3, -0.25) is 19.1 Å². The Labute approximate surface area is 161 Å². The summed E-state index contributed by atoms with van der Waals surface area (Å²) in [6, 6.07) is 0. The highest BCUT2D eigenvalue weighted by molar-refractivity contribution is 7.60. The van der Waals surface area contributed by atoms with Gasteiger partial charge in [-0.15, -0.1) is 0 Å². The highest BCUT2D eigenvalue weighted by atomic mass is 31.3. The molecule has 5 N–H and O–H groups in total. The van der Waals surface area contributed by atoms with E-state index in [1.54, 1.807) is 0 Å². The summed E-state index contributed by atoms with van der Waals surface area (Å²) in [5.74, 6) is -0.844. The first kappa shape index (κ1) is 23.6. The van der Waals surface area contributed by atoms with Crippen LogP contribution in [-0.2, 0) is 39.3 Å². The van der Waals surface area contributed by atoms with Crippen molar-refractivity contribution in [3.05, 3.63) is 32.6 Å². The average Bonchev–Trinajstić information content (AvgIpc) is 2.83. The Kier molecular flexibility index (Phi) is 7.00. The van der Waals surface area contributed by atoms with E-state index in [4.69, 9.17) is 19.3 Å². The lowest BCUT2D eigenvalue weighted by Crippen LogP contribution is -2.38. The standard InChI is InChI=1S/C12H18N2O13P2/c1-5(15)25-10-8(16)7(4-24-29(22,23)27-28(19,20)21)26-9(10)6-3-14(2)12(18)13-11(6)17/h3,7-10,16H,4H2,1-2H3,(H,22,23)(H,13,17,18)(H2,19,20,21)/t7-,8-,9+,10-/m1/s1. The number of aliphatic hydroxyl groups excluding tert-OH is 1. The topological polar surface area (TPSA) is 224 Å². The van der Waals surface area contributed by atoms with E-state index in [9.17, 15) is 33.5 Å². The fourth-order valence-electron chi connectivity index (χ4n) is 2.56. The molecule has 0 radical (unpaired) electrons. The number of ether oxygens (including phenoxy) is 2. The van der Waals surface area contributed by atoms with Gasteiger partial charge in [0.15, 0.2) is 6.10 Å². The number of aryl methyl sites for hydroxylation is 1. The lowest BCUT2D eigenvalue weighted by Gasteiger charge is -2.20. The molecule has 0 saturated carbocycles. The summed E-state index contributed by atoms with van der Waals surface area (Å²) in [4.78, 5) is 63.4. The zero-order valence-electron chi connectivity index (χ0n) is 14.9. The minimum absolute atomic E-state index is 0.196. The van der Waals surface area contributed by atoms with Gasteiger partial charge in [0, 0.05) is 20.2 Å². The third kappa shape index (κ3) is 6.15. The summed E-state index contributed by atoms with van der Waals surface area (Å²) < 4.78 is 41.6. The Morgan fingerprint density at radius 3 is 2.48 bits per heavy atom. The van der Waals surface area contributed by atoms with Gasteiger partial charge in [0.1, 0.15) is 18.3 Å². The zero-order valence-corrected chi connectivity index (χ0v) is 16.7. The molecule has 1 aliphatic heterocycles. The number of nitrogens with zero attached hydrogens (tertiary/aromatic N) is 1. The zero-order chi connectivity index (χ0) is 22.1. The van der Waals surface area contributed by atoms with Gasteiger partial charge in [0.05, 0.1) is 12.2 Å². The molecular formula is C12H18N2O13P2. The SMILES string of the molecule is CC(=O)O[C@@H]1[C@H](O)[C@@H](COP(=O)(O)OP(=O)(O)O)O[C@H]1c1cn(C)c(=O)[nH]c1=O. The Hall–Kier alpha value is -1.67. The van der Waals surface area contributed by atoms with Gasteiger partial charge in [-0.2, -0.15) is 4.31 Å². The van der Waals surface area contributed by atoms with E-state index < -0.39 is 63.9 Å². The fraction of sp³-hybridized carbons (Fsp3) is 0.583. The monoisotopic (exact) mass is 460 g/mol. The molecule has 15 nitrogen and oxygen atoms in total. The van der Waals surface area contributed by atoms with Crippen molar-refractivity contribution in [2.75, 3.05) is 6.61 Å². The number of phosphoric acid groups is 2. The number of rotatable bonds is 7. The van der Waals surface area contributed by atoms with Crippen molar-refractivity contribution in [3.63, 3.8) is 0 Å². The first-order chi connectivity index (χ1) is 13.2. The lowest BCUT2D eigenvalue weighted by atomic mass is 10.0. The summed E-state index contributed by atoms with van der Waals surface area (Å²) in [5, 5.41) is 10.3. The molecule has 1 aromatic heterocycles. The van der Waals surface area contributed by atoms with Gasteiger partial charge in [0.2, 0.25) is 0 Å². The number of hydrogen-bond donors (Lipinski definition) is 5. The van der Waals surface area contributed by atoms with Crippen LogP contribution in [0.2, 0.25) is 0 Å². The molecule has 0 bridgehead atoms. The predicted molar refractivity (Wildman–Crippen MR) is 90.4 cm³/mol. The second kappa shape index (κ2) is 8.60. The second-order valence-electron chi connectivity index (χ2n) is 5.95. The first-order valence-electron chi connectivity index (χ1n) is 7.75. The minimum Gasteiger partial charge on any atom is -0.457 e. The number of aromatic amines is 1. The van der Waals surface area contributed by atoms with Crippen LogP contribution in [-0.4, -0.2) is 60.2 Å². The molecular weight excluding hydrogens is 442 g/mol. The van der Waals surface area contributed by atoms with Crippen LogP contribution in [0.5, 0.6) is 0 Å². The van der Waals surface area contributed by atoms with Crippen LogP contribution in [0.3, 0.4) is 0 Å². The molecule has 1 unspecified atom stereocenters. The summed E-state index contributed by atoms with van der Waals surface area (Å²) >= 11 is 0. The highest BCUT2D eigenvalue weighted by Gasteiger charge is 2.49. The fourth-order valence-corrected chi connectivity index (χ4v) is 4.16. The van der Waals surface area contributed by atoms with E-state index in [1.165, 1.54) is 7.05 Å². The smallest absolute Gasteiger partial charge is 0.457 e. The molecule has 0 spiro atoms. The minimum atomic E-state index is -5.36. The van der Waals surface area contributed by atoms with Crippen LogP contribution in [0.15, 0.2) is 15.8 Å². The van der Waals surface area contributed by atoms with Crippen LogP contribution in [0.1, 0.15) is 18.6 Å². The molecule has 0 aliphatic carbocycles. The number of phosphoric ester groups is 1. The van der Waals surface area contributed by atoms with E-state index >= 15 is 0 Å². The lowest BCUT2D eigenvalue weighted by molar-refractivity contribution is -0.153. The quantitative estimate of drug-likeness (QED) is 0.220. The number of hydrogen-bond acceptors (Lipinski definition) is 10. The molecule has 5 atom stereocenters. The molecule has 2 rings (SSSR count). The summed E-state index contributed by atoms with van der Waals surface area (Å²) in [6.45, 7) is 0.0985. The van der Waals surface area contributed by atoms with Crippen molar-refractivity contribution in [2.45, 2.75) is 31.3 Å². The summed E-state index contributed by atoms with van der Waals surface area (Å²) in [7, 11) is -9.28. The van der Waals surface area contributed by atoms with E-state index in [-0.39, 0.29) is 5.56 Å². The van der Waals surface area contributed by atoms with Crippen LogP contribution >= 0.6 is 15.6 Å². The van der Waals surface area contributed by atoms with Gasteiger partial charge < -0.3 is 33.8 Å². The Bertz CT molecular complexity index is 981. The maximum Gasteiger partial charge on any atom is 0.481 e. The highest BCUT2D eigenvalue weighted by Crippen LogP contribution is 2.57. The molecule has 0 amide bonds. The van der Waals surface area contributed by atoms with Gasteiger partial charge in [-0.05, 0) is 0 Å². The molecule has 1 aromatic rings. The number of carbonyl (C=O) groups excluding carboxylic acids is 1. The Morgan fingerprint density at radius 1 is 1.31 bits per heavy atom. The second-order valence-corrected chi connectivity index (χ2v) is 8.78. The van der Waals surface area contributed by atoms with Crippen molar-refractivity contribution in [1.82, 2.24) is 9.55 Å². The number of carbonyl (C=O) groups is 1. The Balaban J connectivity index is 2.27. The number of aromatic nitrogens is 2. The van der Waals surface area contributed by atoms with E-state index in [2.05, 4.69) is 8.83 Å². The van der Waals surface area contributed by atoms with Gasteiger partial charge in [0.25, 0.3) is 5.56 Å².